The van der Waals surface area contributed by atoms with Crippen molar-refractivity contribution in [1.29, 1.82) is 0 Å². The van der Waals surface area contributed by atoms with Gasteiger partial charge in [-0.3, -0.25) is 4.79 Å². The Kier molecular flexibility index (Phi) is 9.98. The van der Waals surface area contributed by atoms with Crippen LogP contribution in [-0.2, 0) is 21.2 Å². The van der Waals surface area contributed by atoms with Crippen molar-refractivity contribution in [2.75, 3.05) is 32.1 Å². The van der Waals surface area contributed by atoms with E-state index in [9.17, 15) is 23.1 Å². The molecule has 11 heteroatoms. The summed E-state index contributed by atoms with van der Waals surface area (Å²) in [5, 5.41) is 15.4. The Bertz CT molecular complexity index is 1270. The number of urea groups is 1. The van der Waals surface area contributed by atoms with Crippen LogP contribution in [0.3, 0.4) is 0 Å². The molecule has 1 aliphatic rings. The van der Waals surface area contributed by atoms with E-state index >= 15 is 0 Å². The van der Waals surface area contributed by atoms with E-state index in [4.69, 9.17) is 4.74 Å². The van der Waals surface area contributed by atoms with Crippen molar-refractivity contribution in [2.45, 2.75) is 64.1 Å². The largest absolute Gasteiger partial charge is 0.488 e. The van der Waals surface area contributed by atoms with Crippen molar-refractivity contribution < 1.29 is 27.9 Å². The number of ether oxygens (including phenoxy) is 1. The predicted octanol–water partition coefficient (Wildman–Crippen LogP) is 2.99. The van der Waals surface area contributed by atoms with E-state index in [0.717, 1.165) is 5.56 Å². The summed E-state index contributed by atoms with van der Waals surface area (Å²) in [6.45, 7) is 9.37. The van der Waals surface area contributed by atoms with Crippen LogP contribution in [0.5, 0.6) is 5.75 Å². The van der Waals surface area contributed by atoms with Gasteiger partial charge in [0.1, 0.15) is 11.9 Å². The minimum atomic E-state index is -3.78. The summed E-state index contributed by atoms with van der Waals surface area (Å²) in [4.78, 5) is 27.4. The molecule has 2 aromatic rings. The number of benzene rings is 2. The maximum atomic E-state index is 13.4. The number of nitrogens with zero attached hydrogens (tertiary/aromatic N) is 2. The second kappa shape index (κ2) is 12.8. The summed E-state index contributed by atoms with van der Waals surface area (Å²) in [7, 11) is -2.27. The third kappa shape index (κ3) is 7.71. The molecule has 0 aliphatic carbocycles. The zero-order valence-electron chi connectivity index (χ0n) is 23.5. The first kappa shape index (κ1) is 30.4. The summed E-state index contributed by atoms with van der Waals surface area (Å²) < 4.78 is 34.3. The molecule has 0 aromatic heterocycles. The van der Waals surface area contributed by atoms with Gasteiger partial charge in [-0.15, -0.1) is 0 Å². The molecule has 1 heterocycles. The minimum Gasteiger partial charge on any atom is -0.488 e. The van der Waals surface area contributed by atoms with Crippen LogP contribution in [0.4, 0.5) is 10.5 Å². The van der Waals surface area contributed by atoms with E-state index in [0.29, 0.717) is 17.0 Å². The third-order valence-electron chi connectivity index (χ3n) is 6.76. The first-order chi connectivity index (χ1) is 18.3. The smallest absolute Gasteiger partial charge is 0.319 e. The number of sulfonamides is 1. The number of carbonyl (C=O) groups excluding carboxylic acids is 2. The summed E-state index contributed by atoms with van der Waals surface area (Å²) in [5.74, 6) is -0.0212. The number of anilines is 1. The molecule has 39 heavy (non-hydrogen) atoms. The summed E-state index contributed by atoms with van der Waals surface area (Å²) in [6, 6.07) is 10.9. The van der Waals surface area contributed by atoms with Gasteiger partial charge in [0.25, 0.3) is 0 Å². The highest BCUT2D eigenvalue weighted by molar-refractivity contribution is 7.89. The van der Waals surface area contributed by atoms with Gasteiger partial charge in [0, 0.05) is 36.8 Å². The quantitative estimate of drug-likeness (QED) is 0.455. The van der Waals surface area contributed by atoms with Gasteiger partial charge >= 0.3 is 6.03 Å². The normalized spacial score (nSPS) is 19.0. The topological polar surface area (TPSA) is 128 Å². The number of fused-ring (bicyclic) bond motifs is 1. The maximum absolute atomic E-state index is 13.4. The van der Waals surface area contributed by atoms with Gasteiger partial charge in [0.15, 0.2) is 0 Å². The van der Waals surface area contributed by atoms with Crippen molar-refractivity contribution >= 4 is 27.6 Å². The number of likely N-dealkylation sites (N-methyl/N-ethyl adjacent to an activating group) is 1. The van der Waals surface area contributed by atoms with Crippen LogP contribution < -0.4 is 15.4 Å². The van der Waals surface area contributed by atoms with Gasteiger partial charge < -0.3 is 25.4 Å². The maximum Gasteiger partial charge on any atom is 0.319 e. The number of carbonyl (C=O) groups is 2. The van der Waals surface area contributed by atoms with Gasteiger partial charge in [-0.05, 0) is 58.0 Å². The Morgan fingerprint density at radius 1 is 1.18 bits per heavy atom. The number of aliphatic hydroxyl groups excluding tert-OH is 1. The van der Waals surface area contributed by atoms with Crippen LogP contribution in [0.15, 0.2) is 47.4 Å². The van der Waals surface area contributed by atoms with E-state index in [-0.39, 0.29) is 54.9 Å². The molecule has 0 radical (unpaired) electrons. The molecule has 0 saturated heterocycles. The Morgan fingerprint density at radius 3 is 2.46 bits per heavy atom. The number of amides is 3. The summed E-state index contributed by atoms with van der Waals surface area (Å²) in [5.41, 5.74) is 2.01. The average Bonchev–Trinajstić information content (AvgIpc) is 2.91. The first-order valence-electron chi connectivity index (χ1n) is 13.1. The molecule has 3 amide bonds. The number of aryl methyl sites for hydroxylation is 1. The zero-order valence-corrected chi connectivity index (χ0v) is 24.3. The fourth-order valence-corrected chi connectivity index (χ4v) is 5.58. The molecule has 2 aromatic carbocycles. The molecule has 0 bridgehead atoms. The Balaban J connectivity index is 1.95. The zero-order chi connectivity index (χ0) is 28.9. The Hall–Kier alpha value is -3.15. The van der Waals surface area contributed by atoms with E-state index < -0.39 is 22.2 Å². The molecule has 10 nitrogen and oxygen atoms in total. The molecule has 0 fully saturated rings. The molecular formula is C28H40N4O6S. The van der Waals surface area contributed by atoms with E-state index in [1.807, 2.05) is 27.7 Å². The van der Waals surface area contributed by atoms with Crippen LogP contribution in [0.2, 0.25) is 0 Å². The predicted molar refractivity (Wildman–Crippen MR) is 150 cm³/mol. The molecule has 1 aliphatic heterocycles. The van der Waals surface area contributed by atoms with Crippen molar-refractivity contribution in [2.24, 2.45) is 5.92 Å². The minimum absolute atomic E-state index is 0.00205. The van der Waals surface area contributed by atoms with Crippen molar-refractivity contribution in [3.05, 3.63) is 53.6 Å². The lowest BCUT2D eigenvalue weighted by atomic mass is 10.0. The third-order valence-corrected chi connectivity index (χ3v) is 8.60. The number of hydrogen-bond acceptors (Lipinski definition) is 6. The van der Waals surface area contributed by atoms with Crippen molar-refractivity contribution in [3.63, 3.8) is 0 Å². The highest BCUT2D eigenvalue weighted by atomic mass is 32.2. The molecular weight excluding hydrogens is 520 g/mol. The second-order valence-corrected chi connectivity index (χ2v) is 12.6. The van der Waals surface area contributed by atoms with Gasteiger partial charge in [0.2, 0.25) is 15.9 Å². The van der Waals surface area contributed by atoms with Crippen LogP contribution in [0.1, 0.15) is 38.8 Å². The van der Waals surface area contributed by atoms with Gasteiger partial charge in [-0.2, -0.15) is 4.31 Å². The molecule has 0 saturated carbocycles. The molecule has 3 atom stereocenters. The van der Waals surface area contributed by atoms with Crippen molar-refractivity contribution in [1.82, 2.24) is 14.5 Å². The fourth-order valence-electron chi connectivity index (χ4n) is 4.40. The Morgan fingerprint density at radius 2 is 1.85 bits per heavy atom. The number of rotatable bonds is 8. The SMILES string of the molecule is Cc1ccc(S(=O)(=O)N(C)C[C@H]2Oc3ccc(NC(=O)NC(C)C)cc3CC(=O)N([C@H](C)CO)C[C@H]2C)cc1. The highest BCUT2D eigenvalue weighted by Crippen LogP contribution is 2.30. The molecule has 0 spiro atoms. The van der Waals surface area contributed by atoms with Crippen LogP contribution in [0.25, 0.3) is 0 Å². The standard InChI is InChI=1S/C28H40N4O6S/c1-18(2)29-28(35)30-23-9-12-25-22(13-23)14-27(34)32(21(5)17-33)15-20(4)26(38-25)16-31(6)39(36,37)24-10-7-19(3)8-11-24/h7-13,18,20-21,26,33H,14-17H2,1-6H3,(H2,29,30,35)/t20-,21-,26-/m1/s1. The Labute approximate surface area is 231 Å². The lowest BCUT2D eigenvalue weighted by molar-refractivity contribution is -0.134. The second-order valence-electron chi connectivity index (χ2n) is 10.6. The van der Waals surface area contributed by atoms with Gasteiger partial charge in [-0.1, -0.05) is 24.6 Å². The van der Waals surface area contributed by atoms with Gasteiger partial charge in [-0.25, -0.2) is 13.2 Å². The monoisotopic (exact) mass is 560 g/mol. The summed E-state index contributed by atoms with van der Waals surface area (Å²) >= 11 is 0. The highest BCUT2D eigenvalue weighted by Gasteiger charge is 2.33. The lowest BCUT2D eigenvalue weighted by Gasteiger charge is -2.33. The number of aliphatic hydroxyl groups is 1. The number of hydrogen-bond donors (Lipinski definition) is 3. The summed E-state index contributed by atoms with van der Waals surface area (Å²) in [6.07, 6.45) is -0.603. The van der Waals surface area contributed by atoms with Crippen LogP contribution >= 0.6 is 0 Å². The van der Waals surface area contributed by atoms with Crippen LogP contribution in [-0.4, -0.2) is 79.6 Å². The van der Waals surface area contributed by atoms with Crippen molar-refractivity contribution in [3.8, 4) is 5.75 Å². The van der Waals surface area contributed by atoms with E-state index in [1.54, 1.807) is 54.3 Å². The molecule has 214 valence electrons. The number of nitrogens with one attached hydrogen (secondary N) is 2. The first-order valence-corrected chi connectivity index (χ1v) is 14.6. The van der Waals surface area contributed by atoms with Crippen LogP contribution in [0, 0.1) is 12.8 Å². The lowest BCUT2D eigenvalue weighted by Crippen LogP contribution is -2.48. The molecule has 3 rings (SSSR count). The van der Waals surface area contributed by atoms with E-state index in [1.165, 1.54) is 11.4 Å². The fraction of sp³-hybridized carbons (Fsp3) is 0.500. The molecule has 0 unspecified atom stereocenters. The van der Waals surface area contributed by atoms with Gasteiger partial charge in [0.05, 0.1) is 30.5 Å². The van der Waals surface area contributed by atoms with E-state index in [2.05, 4.69) is 10.6 Å². The molecule has 3 N–H and O–H groups in total. The average molecular weight is 561 g/mol.